The molecule has 0 aromatic heterocycles. The van der Waals surface area contributed by atoms with E-state index in [1.807, 2.05) is 0 Å². The monoisotopic (exact) mass is 200 g/mol. The van der Waals surface area contributed by atoms with Gasteiger partial charge in [0, 0.05) is 13.2 Å². The van der Waals surface area contributed by atoms with E-state index in [0.717, 1.165) is 19.4 Å². The summed E-state index contributed by atoms with van der Waals surface area (Å²) in [5, 5.41) is 5.11. The summed E-state index contributed by atoms with van der Waals surface area (Å²) in [5.74, 6) is 0.408. The SMILES string of the molecule is O=CCNC(=O)NCC1CCCOC1. The van der Waals surface area contributed by atoms with E-state index in [4.69, 9.17) is 4.74 Å². The molecule has 1 fully saturated rings. The molecule has 14 heavy (non-hydrogen) atoms. The van der Waals surface area contributed by atoms with Crippen LogP contribution in [0, 0.1) is 5.92 Å². The Morgan fingerprint density at radius 1 is 1.50 bits per heavy atom. The molecule has 1 aliphatic heterocycles. The smallest absolute Gasteiger partial charge is 0.315 e. The van der Waals surface area contributed by atoms with Crippen LogP contribution in [0.1, 0.15) is 12.8 Å². The van der Waals surface area contributed by atoms with Crippen molar-refractivity contribution in [2.45, 2.75) is 12.8 Å². The van der Waals surface area contributed by atoms with Gasteiger partial charge in [0.05, 0.1) is 13.2 Å². The first kappa shape index (κ1) is 11.0. The topological polar surface area (TPSA) is 67.4 Å². The van der Waals surface area contributed by atoms with Gasteiger partial charge in [0.25, 0.3) is 0 Å². The predicted octanol–water partition coefficient (Wildman–Crippen LogP) is -0.0889. The summed E-state index contributed by atoms with van der Waals surface area (Å²) in [7, 11) is 0. The maximum Gasteiger partial charge on any atom is 0.315 e. The average molecular weight is 200 g/mol. The minimum Gasteiger partial charge on any atom is -0.381 e. The van der Waals surface area contributed by atoms with Gasteiger partial charge in [-0.25, -0.2) is 4.79 Å². The second-order valence-electron chi connectivity index (χ2n) is 3.34. The predicted molar refractivity (Wildman–Crippen MR) is 51.0 cm³/mol. The summed E-state index contributed by atoms with van der Waals surface area (Å²) in [6.45, 7) is 2.22. The molecule has 2 N–H and O–H groups in total. The van der Waals surface area contributed by atoms with Gasteiger partial charge in [0.15, 0.2) is 0 Å². The van der Waals surface area contributed by atoms with Crippen LogP contribution >= 0.6 is 0 Å². The van der Waals surface area contributed by atoms with Crippen LogP contribution in [0.25, 0.3) is 0 Å². The maximum absolute atomic E-state index is 11.0. The molecule has 5 heteroatoms. The Hall–Kier alpha value is -1.10. The van der Waals surface area contributed by atoms with Crippen molar-refractivity contribution >= 4 is 12.3 Å². The zero-order valence-corrected chi connectivity index (χ0v) is 8.12. The van der Waals surface area contributed by atoms with Crippen molar-refractivity contribution in [3.8, 4) is 0 Å². The van der Waals surface area contributed by atoms with Gasteiger partial charge in [-0.1, -0.05) is 0 Å². The fourth-order valence-corrected chi connectivity index (χ4v) is 1.40. The molecule has 0 spiro atoms. The normalized spacial score (nSPS) is 21.3. The number of rotatable bonds is 4. The minimum absolute atomic E-state index is 0.0625. The summed E-state index contributed by atoms with van der Waals surface area (Å²) in [6, 6.07) is -0.289. The van der Waals surface area contributed by atoms with Crippen LogP contribution in [0.15, 0.2) is 0 Å². The minimum atomic E-state index is -0.289. The van der Waals surface area contributed by atoms with Crippen molar-refractivity contribution < 1.29 is 14.3 Å². The standard InChI is InChI=1S/C9H16N2O3/c12-4-3-10-9(13)11-6-8-2-1-5-14-7-8/h4,8H,1-3,5-7H2,(H2,10,11,13). The highest BCUT2D eigenvalue weighted by atomic mass is 16.5. The highest BCUT2D eigenvalue weighted by molar-refractivity contribution is 5.76. The average Bonchev–Trinajstić information content (AvgIpc) is 2.25. The molecular formula is C9H16N2O3. The van der Waals surface area contributed by atoms with Crippen molar-refractivity contribution in [1.29, 1.82) is 0 Å². The van der Waals surface area contributed by atoms with Crippen molar-refractivity contribution in [3.63, 3.8) is 0 Å². The van der Waals surface area contributed by atoms with Gasteiger partial charge in [-0.15, -0.1) is 0 Å². The molecule has 0 aromatic carbocycles. The van der Waals surface area contributed by atoms with Crippen LogP contribution < -0.4 is 10.6 Å². The van der Waals surface area contributed by atoms with E-state index in [-0.39, 0.29) is 12.6 Å². The number of hydrogen-bond acceptors (Lipinski definition) is 3. The number of amides is 2. The lowest BCUT2D eigenvalue weighted by Crippen LogP contribution is -2.40. The highest BCUT2D eigenvalue weighted by Gasteiger charge is 2.14. The molecule has 1 unspecified atom stereocenters. The first-order valence-electron chi connectivity index (χ1n) is 4.86. The largest absolute Gasteiger partial charge is 0.381 e. The number of carbonyl (C=O) groups is 2. The quantitative estimate of drug-likeness (QED) is 0.623. The fraction of sp³-hybridized carbons (Fsp3) is 0.778. The zero-order chi connectivity index (χ0) is 10.2. The van der Waals surface area contributed by atoms with E-state index >= 15 is 0 Å². The lowest BCUT2D eigenvalue weighted by Gasteiger charge is -2.22. The number of carbonyl (C=O) groups excluding carboxylic acids is 2. The third kappa shape index (κ3) is 4.23. The van der Waals surface area contributed by atoms with Crippen LogP contribution in [0.3, 0.4) is 0 Å². The van der Waals surface area contributed by atoms with E-state index in [9.17, 15) is 9.59 Å². The van der Waals surface area contributed by atoms with Crippen LogP contribution in [-0.2, 0) is 9.53 Å². The number of ether oxygens (including phenoxy) is 1. The van der Waals surface area contributed by atoms with Crippen LogP contribution in [0.4, 0.5) is 4.79 Å². The van der Waals surface area contributed by atoms with E-state index in [1.165, 1.54) is 0 Å². The van der Waals surface area contributed by atoms with Gasteiger partial charge in [0.1, 0.15) is 6.29 Å². The molecule has 1 rings (SSSR count). The molecule has 1 atom stereocenters. The fourth-order valence-electron chi connectivity index (χ4n) is 1.40. The molecule has 2 amide bonds. The molecule has 0 aromatic rings. The first-order chi connectivity index (χ1) is 6.83. The van der Waals surface area contributed by atoms with E-state index in [0.29, 0.717) is 25.4 Å². The highest BCUT2D eigenvalue weighted by Crippen LogP contribution is 2.11. The molecule has 0 bridgehead atoms. The lowest BCUT2D eigenvalue weighted by molar-refractivity contribution is -0.107. The molecule has 1 heterocycles. The van der Waals surface area contributed by atoms with Crippen molar-refractivity contribution in [2.75, 3.05) is 26.3 Å². The molecule has 1 saturated heterocycles. The molecule has 0 radical (unpaired) electrons. The zero-order valence-electron chi connectivity index (χ0n) is 8.12. The number of hydrogen-bond donors (Lipinski definition) is 2. The number of aldehydes is 1. The Morgan fingerprint density at radius 3 is 3.00 bits per heavy atom. The van der Waals surface area contributed by atoms with Gasteiger partial charge in [-0.3, -0.25) is 0 Å². The summed E-state index contributed by atoms with van der Waals surface area (Å²) in [6.07, 6.45) is 2.81. The first-order valence-corrected chi connectivity index (χ1v) is 4.86. The second kappa shape index (κ2) is 6.37. The van der Waals surface area contributed by atoms with E-state index in [1.54, 1.807) is 0 Å². The Labute approximate surface area is 83.2 Å². The Balaban J connectivity index is 2.06. The summed E-state index contributed by atoms with van der Waals surface area (Å²) in [5.41, 5.74) is 0. The van der Waals surface area contributed by atoms with Crippen LogP contribution in [0.5, 0.6) is 0 Å². The van der Waals surface area contributed by atoms with Crippen molar-refractivity contribution in [2.24, 2.45) is 5.92 Å². The van der Waals surface area contributed by atoms with Gasteiger partial charge < -0.3 is 20.2 Å². The Kier molecular flexibility index (Phi) is 4.99. The van der Waals surface area contributed by atoms with Gasteiger partial charge in [-0.2, -0.15) is 0 Å². The van der Waals surface area contributed by atoms with E-state index in [2.05, 4.69) is 10.6 Å². The summed E-state index contributed by atoms with van der Waals surface area (Å²) in [4.78, 5) is 21.0. The Morgan fingerprint density at radius 2 is 2.36 bits per heavy atom. The second-order valence-corrected chi connectivity index (χ2v) is 3.34. The molecule has 80 valence electrons. The molecule has 0 aliphatic carbocycles. The number of nitrogens with one attached hydrogen (secondary N) is 2. The Bertz CT molecular complexity index is 190. The van der Waals surface area contributed by atoms with Crippen LogP contribution in [0.2, 0.25) is 0 Å². The lowest BCUT2D eigenvalue weighted by atomic mass is 10.0. The third-order valence-electron chi connectivity index (χ3n) is 2.15. The molecule has 1 aliphatic rings. The summed E-state index contributed by atoms with van der Waals surface area (Å²) < 4.78 is 5.27. The molecule has 0 saturated carbocycles. The number of urea groups is 1. The molecular weight excluding hydrogens is 184 g/mol. The van der Waals surface area contributed by atoms with Gasteiger partial charge >= 0.3 is 6.03 Å². The third-order valence-corrected chi connectivity index (χ3v) is 2.15. The van der Waals surface area contributed by atoms with Crippen LogP contribution in [-0.4, -0.2) is 38.6 Å². The summed E-state index contributed by atoms with van der Waals surface area (Å²) >= 11 is 0. The van der Waals surface area contributed by atoms with Gasteiger partial charge in [0.2, 0.25) is 0 Å². The van der Waals surface area contributed by atoms with Crippen molar-refractivity contribution in [3.05, 3.63) is 0 Å². The van der Waals surface area contributed by atoms with Gasteiger partial charge in [-0.05, 0) is 18.8 Å². The van der Waals surface area contributed by atoms with Crippen molar-refractivity contribution in [1.82, 2.24) is 10.6 Å². The van der Waals surface area contributed by atoms with E-state index < -0.39 is 0 Å². The molecule has 5 nitrogen and oxygen atoms in total. The maximum atomic E-state index is 11.0.